The van der Waals surface area contributed by atoms with Gasteiger partial charge in [0.15, 0.2) is 37.2 Å². The van der Waals surface area contributed by atoms with Gasteiger partial charge in [0.1, 0.15) is 0 Å². The third-order valence-electron chi connectivity index (χ3n) is 4.56. The van der Waals surface area contributed by atoms with Gasteiger partial charge in [0, 0.05) is 95.7 Å². The molecule has 6 nitrogen and oxygen atoms in total. The first-order chi connectivity index (χ1) is 13.4. The normalized spacial score (nSPS) is 10.8. The highest BCUT2D eigenvalue weighted by molar-refractivity contribution is 7.35. The maximum absolute atomic E-state index is 2.27. The minimum absolute atomic E-state index is 0.847. The molecule has 3 heterocycles. The molecular weight excluding hydrogens is 367 g/mol. The van der Waals surface area contributed by atoms with Crippen molar-refractivity contribution in [3.63, 3.8) is 0 Å². The van der Waals surface area contributed by atoms with Gasteiger partial charge in [-0.25, -0.2) is 0 Å². The molecule has 0 saturated heterocycles. The molecule has 146 valence electrons. The molecule has 0 amide bonds. The van der Waals surface area contributed by atoms with Crippen molar-refractivity contribution in [3.05, 3.63) is 73.6 Å². The molecule has 0 bridgehead atoms. The molecule has 0 unspecified atom stereocenters. The predicted octanol–water partition coefficient (Wildman–Crippen LogP) is 1.92. The molecule has 0 aromatic carbocycles. The second kappa shape index (κ2) is 8.53. The summed E-state index contributed by atoms with van der Waals surface area (Å²) in [5.74, 6) is 0. The van der Waals surface area contributed by atoms with Crippen LogP contribution in [0.15, 0.2) is 73.6 Å². The van der Waals surface area contributed by atoms with Gasteiger partial charge >= 0.3 is 8.37 Å². The Morgan fingerprint density at radius 1 is 0.464 bits per heavy atom. The van der Waals surface area contributed by atoms with Crippen LogP contribution < -0.4 is 27.7 Å². The van der Waals surface area contributed by atoms with Crippen LogP contribution in [0.2, 0.25) is 0 Å². The second-order valence-electron chi connectivity index (χ2n) is 7.26. The van der Waals surface area contributed by atoms with Crippen LogP contribution in [0.1, 0.15) is 0 Å². The zero-order chi connectivity index (χ0) is 20.3. The summed E-state index contributed by atoms with van der Waals surface area (Å²) in [5.41, 5.74) is 3.56. The molecule has 0 radical (unpaired) electrons. The Hall–Kier alpha value is -2.72. The first-order valence-electron chi connectivity index (χ1n) is 9.24. The molecular formula is C21H30N6P+3. The van der Waals surface area contributed by atoms with Gasteiger partial charge in [-0.15, -0.1) is 0 Å². The van der Waals surface area contributed by atoms with E-state index >= 15 is 0 Å². The van der Waals surface area contributed by atoms with E-state index in [1.54, 1.807) is 0 Å². The quantitative estimate of drug-likeness (QED) is 0.593. The highest BCUT2D eigenvalue weighted by atomic mass is 31.1. The minimum atomic E-state index is -0.847. The van der Waals surface area contributed by atoms with Gasteiger partial charge in [0.25, 0.3) is 0 Å². The summed E-state index contributed by atoms with van der Waals surface area (Å²) in [5, 5.41) is 0. The number of anilines is 3. The molecule has 7 heteroatoms. The molecule has 0 aliphatic rings. The molecule has 0 saturated carbocycles. The number of rotatable bonds is 6. The van der Waals surface area contributed by atoms with Crippen LogP contribution in [-0.2, 0) is 0 Å². The maximum atomic E-state index is 2.27. The average molecular weight is 397 g/mol. The molecule has 0 aliphatic carbocycles. The van der Waals surface area contributed by atoms with E-state index in [9.17, 15) is 0 Å². The summed E-state index contributed by atoms with van der Waals surface area (Å²) in [6, 6.07) is 12.9. The Morgan fingerprint density at radius 2 is 0.679 bits per heavy atom. The average Bonchev–Trinajstić information content (AvgIpc) is 2.69. The molecule has 3 rings (SSSR count). The first kappa shape index (κ1) is 20.0. The van der Waals surface area contributed by atoms with Gasteiger partial charge in [0.2, 0.25) is 0 Å². The van der Waals surface area contributed by atoms with Gasteiger partial charge in [-0.05, 0) is 0 Å². The molecule has 3 aromatic heterocycles. The van der Waals surface area contributed by atoms with E-state index in [4.69, 9.17) is 0 Å². The number of aromatic nitrogens is 3. The Labute approximate surface area is 169 Å². The third-order valence-corrected chi connectivity index (χ3v) is 6.60. The van der Waals surface area contributed by atoms with Crippen LogP contribution in [0.4, 0.5) is 17.1 Å². The van der Waals surface area contributed by atoms with E-state index < -0.39 is 8.37 Å². The van der Waals surface area contributed by atoms with E-state index in [0.29, 0.717) is 0 Å². The van der Waals surface area contributed by atoms with E-state index in [-0.39, 0.29) is 0 Å². The fourth-order valence-corrected chi connectivity index (χ4v) is 4.67. The summed E-state index contributed by atoms with van der Waals surface area (Å²) in [4.78, 5) is 6.35. The zero-order valence-electron chi connectivity index (χ0n) is 17.6. The zero-order valence-corrected chi connectivity index (χ0v) is 18.5. The van der Waals surface area contributed by atoms with Crippen molar-refractivity contribution in [1.29, 1.82) is 0 Å². The van der Waals surface area contributed by atoms with E-state index in [0.717, 1.165) is 0 Å². The summed E-state index contributed by atoms with van der Waals surface area (Å²) in [7, 11) is 11.5. The highest BCUT2D eigenvalue weighted by Crippen LogP contribution is 2.20. The topological polar surface area (TPSA) is 21.4 Å². The summed E-state index contributed by atoms with van der Waals surface area (Å²) >= 11 is 0. The van der Waals surface area contributed by atoms with Gasteiger partial charge in [-0.2, -0.15) is 0 Å². The lowest BCUT2D eigenvalue weighted by atomic mass is 10.4. The van der Waals surface area contributed by atoms with Gasteiger partial charge in [-0.3, -0.25) is 0 Å². The lowest BCUT2D eigenvalue weighted by Crippen LogP contribution is -2.55. The second-order valence-corrected chi connectivity index (χ2v) is 9.18. The Balaban J connectivity index is 2.04. The lowest BCUT2D eigenvalue weighted by Gasteiger charge is -2.11. The number of pyridine rings is 3. The summed E-state index contributed by atoms with van der Waals surface area (Å²) in [6.07, 6.45) is 12.9. The van der Waals surface area contributed by atoms with Crippen LogP contribution in [0.5, 0.6) is 0 Å². The van der Waals surface area contributed by atoms with Crippen LogP contribution in [-0.4, -0.2) is 42.3 Å². The molecule has 0 fully saturated rings. The lowest BCUT2D eigenvalue weighted by molar-refractivity contribution is -0.732. The van der Waals surface area contributed by atoms with E-state index in [1.807, 2.05) is 0 Å². The third kappa shape index (κ3) is 4.39. The summed E-state index contributed by atoms with van der Waals surface area (Å²) in [6.45, 7) is 0. The fraction of sp³-hybridized carbons (Fsp3) is 0.286. The maximum Gasteiger partial charge on any atom is 0.816 e. The van der Waals surface area contributed by atoms with Crippen molar-refractivity contribution >= 4 is 25.4 Å². The largest absolute Gasteiger partial charge is 0.816 e. The molecule has 3 aromatic rings. The van der Waals surface area contributed by atoms with Gasteiger partial charge in [-0.1, -0.05) is 13.0 Å². The van der Waals surface area contributed by atoms with Crippen LogP contribution >= 0.6 is 8.37 Å². The van der Waals surface area contributed by atoms with Crippen molar-refractivity contribution in [2.45, 2.75) is 0 Å². The van der Waals surface area contributed by atoms with Crippen molar-refractivity contribution in [3.8, 4) is 0 Å². The van der Waals surface area contributed by atoms with Crippen molar-refractivity contribution < 1.29 is 13.0 Å². The van der Waals surface area contributed by atoms with E-state index in [2.05, 4.69) is 144 Å². The highest BCUT2D eigenvalue weighted by Gasteiger charge is 2.47. The SMILES string of the molecule is CN(C)c1cc[n+](P([n+]2ccc(N(C)C)cc2)[n+]2ccc(N(C)C)cc2)cc1. The monoisotopic (exact) mass is 397 g/mol. The Morgan fingerprint density at radius 3 is 0.857 bits per heavy atom. The molecule has 0 aliphatic heterocycles. The number of hydrogen-bond acceptors (Lipinski definition) is 3. The Bertz CT molecular complexity index is 767. The molecule has 0 spiro atoms. The van der Waals surface area contributed by atoms with E-state index in [1.165, 1.54) is 17.1 Å². The van der Waals surface area contributed by atoms with Crippen LogP contribution in [0.3, 0.4) is 0 Å². The smallest absolute Gasteiger partial charge is 0.377 e. The van der Waals surface area contributed by atoms with Gasteiger partial charge in [0.05, 0.1) is 0 Å². The standard InChI is InChI=1S/C21H30N6P/c1-22(2)19-7-13-25(14-8-19)28(26-15-9-20(10-16-26)23(3)4)27-17-11-21(12-18-27)24(5)6/h7-18H,1-6H3/q+3. The molecule has 0 N–H and O–H groups in total. The molecule has 0 atom stereocenters. The first-order valence-corrected chi connectivity index (χ1v) is 10.4. The van der Waals surface area contributed by atoms with Crippen molar-refractivity contribution in [1.82, 2.24) is 0 Å². The van der Waals surface area contributed by atoms with Crippen molar-refractivity contribution in [2.75, 3.05) is 57.0 Å². The number of hydrogen-bond donors (Lipinski definition) is 0. The molecule has 28 heavy (non-hydrogen) atoms. The number of nitrogens with zero attached hydrogens (tertiary/aromatic N) is 6. The van der Waals surface area contributed by atoms with Crippen molar-refractivity contribution in [2.24, 2.45) is 0 Å². The Kier molecular flexibility index (Phi) is 6.10. The predicted molar refractivity (Wildman–Crippen MR) is 116 cm³/mol. The van der Waals surface area contributed by atoms with Crippen LogP contribution in [0.25, 0.3) is 0 Å². The minimum Gasteiger partial charge on any atom is -0.377 e. The van der Waals surface area contributed by atoms with Gasteiger partial charge < -0.3 is 14.7 Å². The summed E-state index contributed by atoms with van der Waals surface area (Å²) < 4.78 is 6.81. The fourth-order valence-electron chi connectivity index (χ4n) is 2.84. The van der Waals surface area contributed by atoms with Crippen LogP contribution in [0, 0.1) is 0 Å².